The molecule has 0 aliphatic heterocycles. The second-order valence-electron chi connectivity index (χ2n) is 5.47. The lowest BCUT2D eigenvalue weighted by Crippen LogP contribution is -2.14. The van der Waals surface area contributed by atoms with Crippen molar-refractivity contribution in [2.24, 2.45) is 5.92 Å². The van der Waals surface area contributed by atoms with Gasteiger partial charge in [-0.25, -0.2) is 8.42 Å². The smallest absolute Gasteiger partial charge is 0.303 e. The molecule has 1 aliphatic carbocycles. The average Bonchev–Trinajstić information content (AvgIpc) is 2.89. The molecule has 0 bridgehead atoms. The first-order valence-corrected chi connectivity index (χ1v) is 8.66. The summed E-state index contributed by atoms with van der Waals surface area (Å²) in [4.78, 5) is 10.8. The fourth-order valence-electron chi connectivity index (χ4n) is 2.70. The van der Waals surface area contributed by atoms with Crippen LogP contribution in [0.2, 0.25) is 0 Å². The minimum Gasteiger partial charge on any atom is -0.481 e. The van der Waals surface area contributed by atoms with Gasteiger partial charge in [-0.1, -0.05) is 25.0 Å². The van der Waals surface area contributed by atoms with E-state index in [1.54, 1.807) is 24.3 Å². The first kappa shape index (κ1) is 15.0. The van der Waals surface area contributed by atoms with Crippen molar-refractivity contribution < 1.29 is 18.3 Å². The molecule has 5 heteroatoms. The molecule has 110 valence electrons. The van der Waals surface area contributed by atoms with E-state index in [4.69, 9.17) is 5.11 Å². The molecule has 0 aromatic heterocycles. The standard InChI is InChI=1S/C15H20O4S/c16-15(17)10-7-12-5-8-14(9-6-12)20(18,19)11-13-3-1-2-4-13/h5-6,8-9,13H,1-4,7,10-11H2,(H,16,17). The highest BCUT2D eigenvalue weighted by Gasteiger charge is 2.23. The van der Waals surface area contributed by atoms with Crippen LogP contribution in [0.3, 0.4) is 0 Å². The topological polar surface area (TPSA) is 71.4 Å². The van der Waals surface area contributed by atoms with Crippen LogP contribution < -0.4 is 0 Å². The van der Waals surface area contributed by atoms with Crippen molar-refractivity contribution in [2.45, 2.75) is 43.4 Å². The van der Waals surface area contributed by atoms with Gasteiger partial charge in [-0.15, -0.1) is 0 Å². The number of aryl methyl sites for hydroxylation is 1. The van der Waals surface area contributed by atoms with E-state index in [1.807, 2.05) is 0 Å². The number of benzene rings is 1. The Hall–Kier alpha value is -1.36. The van der Waals surface area contributed by atoms with Crippen LogP contribution >= 0.6 is 0 Å². The minimum absolute atomic E-state index is 0.0637. The molecule has 1 aromatic rings. The van der Waals surface area contributed by atoms with E-state index >= 15 is 0 Å². The quantitative estimate of drug-likeness (QED) is 0.876. The first-order chi connectivity index (χ1) is 9.47. The number of aliphatic carboxylic acids is 1. The van der Waals surface area contributed by atoms with E-state index in [0.29, 0.717) is 17.2 Å². The van der Waals surface area contributed by atoms with Crippen LogP contribution in [0.5, 0.6) is 0 Å². The van der Waals surface area contributed by atoms with Gasteiger partial charge >= 0.3 is 5.97 Å². The summed E-state index contributed by atoms with van der Waals surface area (Å²) in [7, 11) is -3.21. The zero-order valence-corrected chi connectivity index (χ0v) is 12.2. The predicted molar refractivity (Wildman–Crippen MR) is 76.4 cm³/mol. The third-order valence-corrected chi connectivity index (χ3v) is 5.74. The van der Waals surface area contributed by atoms with Gasteiger partial charge in [-0.05, 0) is 42.9 Å². The maximum Gasteiger partial charge on any atom is 0.303 e. The Labute approximate surface area is 119 Å². The summed E-state index contributed by atoms with van der Waals surface area (Å²) in [6.45, 7) is 0. The van der Waals surface area contributed by atoms with Gasteiger partial charge in [-0.3, -0.25) is 4.79 Å². The maximum absolute atomic E-state index is 12.3. The SMILES string of the molecule is O=C(O)CCc1ccc(S(=O)(=O)CC2CCCC2)cc1. The van der Waals surface area contributed by atoms with Crippen molar-refractivity contribution in [1.29, 1.82) is 0 Å². The molecule has 0 unspecified atom stereocenters. The van der Waals surface area contributed by atoms with Crippen LogP contribution in [0.1, 0.15) is 37.7 Å². The van der Waals surface area contributed by atoms with Gasteiger partial charge < -0.3 is 5.11 Å². The lowest BCUT2D eigenvalue weighted by atomic mass is 10.1. The summed E-state index contributed by atoms with van der Waals surface area (Å²) >= 11 is 0. The summed E-state index contributed by atoms with van der Waals surface area (Å²) in [6.07, 6.45) is 4.78. The highest BCUT2D eigenvalue weighted by molar-refractivity contribution is 7.91. The third-order valence-electron chi connectivity index (χ3n) is 3.84. The van der Waals surface area contributed by atoms with E-state index in [-0.39, 0.29) is 12.2 Å². The number of carboxylic acids is 1. The Morgan fingerprint density at radius 2 is 1.75 bits per heavy atom. The number of sulfone groups is 1. The molecule has 1 fully saturated rings. The van der Waals surface area contributed by atoms with Gasteiger partial charge in [0.1, 0.15) is 0 Å². The molecule has 0 spiro atoms. The van der Waals surface area contributed by atoms with Crippen molar-refractivity contribution in [3.05, 3.63) is 29.8 Å². The predicted octanol–water partition coefficient (Wildman–Crippen LogP) is 2.67. The summed E-state index contributed by atoms with van der Waals surface area (Å²) in [5.41, 5.74) is 0.854. The Kier molecular flexibility index (Phi) is 4.81. The van der Waals surface area contributed by atoms with Crippen LogP contribution in [-0.2, 0) is 21.1 Å². The van der Waals surface area contributed by atoms with Crippen LogP contribution in [0.15, 0.2) is 29.2 Å². The second-order valence-corrected chi connectivity index (χ2v) is 7.50. The van der Waals surface area contributed by atoms with Crippen molar-refractivity contribution in [1.82, 2.24) is 0 Å². The number of rotatable bonds is 6. The number of hydrogen-bond acceptors (Lipinski definition) is 3. The highest BCUT2D eigenvalue weighted by Crippen LogP contribution is 2.28. The molecule has 1 N–H and O–H groups in total. The molecule has 2 rings (SSSR count). The van der Waals surface area contributed by atoms with E-state index in [9.17, 15) is 13.2 Å². The largest absolute Gasteiger partial charge is 0.481 e. The fraction of sp³-hybridized carbons (Fsp3) is 0.533. The van der Waals surface area contributed by atoms with E-state index in [2.05, 4.69) is 0 Å². The molecule has 1 saturated carbocycles. The molecular formula is C15H20O4S. The van der Waals surface area contributed by atoms with Crippen LogP contribution in [0.4, 0.5) is 0 Å². The average molecular weight is 296 g/mol. The minimum atomic E-state index is -3.21. The van der Waals surface area contributed by atoms with Gasteiger partial charge in [-0.2, -0.15) is 0 Å². The zero-order chi connectivity index (χ0) is 14.6. The Morgan fingerprint density at radius 1 is 1.15 bits per heavy atom. The highest BCUT2D eigenvalue weighted by atomic mass is 32.2. The number of carboxylic acid groups (broad SMARTS) is 1. The molecule has 4 nitrogen and oxygen atoms in total. The molecule has 0 amide bonds. The van der Waals surface area contributed by atoms with Gasteiger partial charge in [0.15, 0.2) is 9.84 Å². The molecule has 0 saturated heterocycles. The molecule has 1 aliphatic rings. The summed E-state index contributed by atoms with van der Waals surface area (Å²) in [6, 6.07) is 6.62. The van der Waals surface area contributed by atoms with Crippen molar-refractivity contribution in [3.63, 3.8) is 0 Å². The third kappa shape index (κ3) is 4.07. The maximum atomic E-state index is 12.3. The van der Waals surface area contributed by atoms with Crippen LogP contribution in [0, 0.1) is 5.92 Å². The van der Waals surface area contributed by atoms with Gasteiger partial charge in [0, 0.05) is 6.42 Å². The van der Waals surface area contributed by atoms with Gasteiger partial charge in [0.25, 0.3) is 0 Å². The van der Waals surface area contributed by atoms with Gasteiger partial charge in [0.2, 0.25) is 0 Å². The Balaban J connectivity index is 2.02. The van der Waals surface area contributed by atoms with Crippen molar-refractivity contribution in [2.75, 3.05) is 5.75 Å². The van der Waals surface area contributed by atoms with Gasteiger partial charge in [0.05, 0.1) is 10.6 Å². The lowest BCUT2D eigenvalue weighted by Gasteiger charge is -2.10. The molecule has 0 radical (unpaired) electrons. The van der Waals surface area contributed by atoms with E-state index in [1.165, 1.54) is 0 Å². The van der Waals surface area contributed by atoms with E-state index < -0.39 is 15.8 Å². The van der Waals surface area contributed by atoms with E-state index in [0.717, 1.165) is 31.2 Å². The zero-order valence-electron chi connectivity index (χ0n) is 11.4. The molecule has 1 aromatic carbocycles. The molecule has 0 atom stereocenters. The summed E-state index contributed by atoms with van der Waals surface area (Å²) in [5, 5.41) is 8.62. The molecular weight excluding hydrogens is 276 g/mol. The normalized spacial score (nSPS) is 16.4. The molecule has 0 heterocycles. The first-order valence-electron chi connectivity index (χ1n) is 7.01. The monoisotopic (exact) mass is 296 g/mol. The summed E-state index contributed by atoms with van der Waals surface area (Å²) in [5.74, 6) is -0.309. The van der Waals surface area contributed by atoms with Crippen LogP contribution in [0.25, 0.3) is 0 Å². The number of carbonyl (C=O) groups is 1. The van der Waals surface area contributed by atoms with Crippen molar-refractivity contribution >= 4 is 15.8 Å². The Bertz CT molecular complexity index is 554. The van der Waals surface area contributed by atoms with Crippen LogP contribution in [-0.4, -0.2) is 25.2 Å². The number of hydrogen-bond donors (Lipinski definition) is 1. The second kappa shape index (κ2) is 6.39. The molecule has 20 heavy (non-hydrogen) atoms. The lowest BCUT2D eigenvalue weighted by molar-refractivity contribution is -0.136. The fourth-order valence-corrected chi connectivity index (χ4v) is 4.40. The van der Waals surface area contributed by atoms with Crippen molar-refractivity contribution in [3.8, 4) is 0 Å². The summed E-state index contributed by atoms with van der Waals surface area (Å²) < 4.78 is 24.5. The Morgan fingerprint density at radius 3 is 2.30 bits per heavy atom.